The Morgan fingerprint density at radius 1 is 1.47 bits per heavy atom. The van der Waals surface area contributed by atoms with Crippen LogP contribution >= 0.6 is 15.9 Å². The van der Waals surface area contributed by atoms with Gasteiger partial charge in [-0.05, 0) is 55.3 Å². The minimum Gasteiger partial charge on any atom is -0.360 e. The van der Waals surface area contributed by atoms with Crippen molar-refractivity contribution in [2.45, 2.75) is 33.2 Å². The second-order valence-electron chi connectivity index (χ2n) is 4.99. The number of halogens is 1. The van der Waals surface area contributed by atoms with Crippen LogP contribution in [-0.2, 0) is 4.79 Å². The summed E-state index contributed by atoms with van der Waals surface area (Å²) in [6.07, 6.45) is 1.76. The molecule has 17 heavy (non-hydrogen) atoms. The second-order valence-corrected chi connectivity index (χ2v) is 5.85. The summed E-state index contributed by atoms with van der Waals surface area (Å²) in [4.78, 5) is 15.8. The molecular formula is C12H18BrN3O. The van der Waals surface area contributed by atoms with E-state index in [-0.39, 0.29) is 18.0 Å². The quantitative estimate of drug-likeness (QED) is 0.901. The molecule has 1 rings (SSSR count). The van der Waals surface area contributed by atoms with Crippen LogP contribution in [0.2, 0.25) is 0 Å². The van der Waals surface area contributed by atoms with E-state index in [1.54, 1.807) is 6.20 Å². The summed E-state index contributed by atoms with van der Waals surface area (Å²) in [6, 6.07) is 1.96. The third-order valence-corrected chi connectivity index (χ3v) is 2.51. The van der Waals surface area contributed by atoms with Crippen molar-refractivity contribution in [2.24, 2.45) is 0 Å². The predicted molar refractivity (Wildman–Crippen MR) is 73.1 cm³/mol. The summed E-state index contributed by atoms with van der Waals surface area (Å²) >= 11 is 3.40. The molecule has 94 valence electrons. The van der Waals surface area contributed by atoms with Crippen LogP contribution in [0.25, 0.3) is 0 Å². The topological polar surface area (TPSA) is 54.0 Å². The van der Waals surface area contributed by atoms with Crippen LogP contribution in [0.5, 0.6) is 0 Å². The van der Waals surface area contributed by atoms with Crippen LogP contribution < -0.4 is 10.6 Å². The Kier molecular flexibility index (Phi) is 4.51. The molecule has 1 heterocycles. The van der Waals surface area contributed by atoms with Crippen LogP contribution in [0.3, 0.4) is 0 Å². The predicted octanol–water partition coefficient (Wildman–Crippen LogP) is 2.48. The highest BCUT2D eigenvalue weighted by molar-refractivity contribution is 9.10. The van der Waals surface area contributed by atoms with Gasteiger partial charge >= 0.3 is 0 Å². The van der Waals surface area contributed by atoms with Gasteiger partial charge in [0.05, 0.1) is 11.0 Å². The molecule has 0 fully saturated rings. The van der Waals surface area contributed by atoms with Crippen molar-refractivity contribution in [2.75, 3.05) is 11.9 Å². The number of pyridine rings is 1. The van der Waals surface area contributed by atoms with Gasteiger partial charge in [0.1, 0.15) is 5.82 Å². The Morgan fingerprint density at radius 3 is 2.65 bits per heavy atom. The van der Waals surface area contributed by atoms with Gasteiger partial charge in [-0.15, -0.1) is 0 Å². The molecule has 0 unspecified atom stereocenters. The summed E-state index contributed by atoms with van der Waals surface area (Å²) in [5.74, 6) is 0.631. The van der Waals surface area contributed by atoms with Gasteiger partial charge in [-0.2, -0.15) is 0 Å². The van der Waals surface area contributed by atoms with Crippen molar-refractivity contribution < 1.29 is 4.79 Å². The first-order valence-electron chi connectivity index (χ1n) is 5.45. The zero-order valence-corrected chi connectivity index (χ0v) is 12.2. The molecule has 0 aliphatic rings. The molecule has 0 radical (unpaired) electrons. The minimum absolute atomic E-state index is 0.0493. The van der Waals surface area contributed by atoms with Crippen LogP contribution in [-0.4, -0.2) is 23.0 Å². The Labute approximate surface area is 110 Å². The monoisotopic (exact) mass is 299 g/mol. The maximum Gasteiger partial charge on any atom is 0.239 e. The van der Waals surface area contributed by atoms with Gasteiger partial charge in [0.15, 0.2) is 0 Å². The van der Waals surface area contributed by atoms with Gasteiger partial charge in [0.2, 0.25) is 5.91 Å². The molecule has 0 saturated carbocycles. The number of aromatic nitrogens is 1. The van der Waals surface area contributed by atoms with Crippen LogP contribution in [0, 0.1) is 6.92 Å². The third-order valence-electron chi connectivity index (χ3n) is 1.91. The molecule has 0 aromatic carbocycles. The van der Waals surface area contributed by atoms with Gasteiger partial charge in [0.25, 0.3) is 0 Å². The van der Waals surface area contributed by atoms with E-state index in [1.807, 2.05) is 33.8 Å². The standard InChI is InChI=1S/C12H18BrN3O/c1-8-5-9(13)11(14-6-8)15-7-10(17)16-12(2,3)4/h5-6H,7H2,1-4H3,(H,14,15)(H,16,17). The molecule has 2 N–H and O–H groups in total. The summed E-state index contributed by atoms with van der Waals surface area (Å²) in [7, 11) is 0. The number of hydrogen-bond donors (Lipinski definition) is 2. The van der Waals surface area contributed by atoms with Crippen molar-refractivity contribution in [3.63, 3.8) is 0 Å². The summed E-state index contributed by atoms with van der Waals surface area (Å²) in [5, 5.41) is 5.87. The Hall–Kier alpha value is -1.10. The lowest BCUT2D eigenvalue weighted by Gasteiger charge is -2.20. The zero-order chi connectivity index (χ0) is 13.1. The minimum atomic E-state index is -0.212. The van der Waals surface area contributed by atoms with E-state index >= 15 is 0 Å². The highest BCUT2D eigenvalue weighted by Crippen LogP contribution is 2.19. The fraction of sp³-hybridized carbons (Fsp3) is 0.500. The van der Waals surface area contributed by atoms with Crippen LogP contribution in [0.15, 0.2) is 16.7 Å². The van der Waals surface area contributed by atoms with E-state index in [0.717, 1.165) is 10.0 Å². The molecule has 1 aromatic heterocycles. The Morgan fingerprint density at radius 2 is 2.12 bits per heavy atom. The summed E-state index contributed by atoms with van der Waals surface area (Å²) < 4.78 is 0.862. The fourth-order valence-electron chi connectivity index (χ4n) is 1.29. The smallest absolute Gasteiger partial charge is 0.239 e. The lowest BCUT2D eigenvalue weighted by atomic mass is 10.1. The number of anilines is 1. The SMILES string of the molecule is Cc1cnc(NCC(=O)NC(C)(C)C)c(Br)c1. The molecule has 0 spiro atoms. The van der Waals surface area contributed by atoms with Crippen molar-refractivity contribution in [3.05, 3.63) is 22.3 Å². The first kappa shape index (κ1) is 14.0. The number of nitrogens with zero attached hydrogens (tertiary/aromatic N) is 1. The molecule has 5 heteroatoms. The number of hydrogen-bond acceptors (Lipinski definition) is 3. The first-order chi connectivity index (χ1) is 7.78. The highest BCUT2D eigenvalue weighted by atomic mass is 79.9. The molecule has 0 saturated heterocycles. The maximum absolute atomic E-state index is 11.6. The number of aryl methyl sites for hydroxylation is 1. The van der Waals surface area contributed by atoms with Crippen molar-refractivity contribution >= 4 is 27.7 Å². The molecule has 0 bridgehead atoms. The lowest BCUT2D eigenvalue weighted by Crippen LogP contribution is -2.43. The number of nitrogens with one attached hydrogen (secondary N) is 2. The number of carbonyl (C=O) groups is 1. The van der Waals surface area contributed by atoms with E-state index in [0.29, 0.717) is 5.82 Å². The Bertz CT molecular complexity index is 413. The molecule has 0 aliphatic carbocycles. The highest BCUT2D eigenvalue weighted by Gasteiger charge is 2.13. The van der Waals surface area contributed by atoms with Gasteiger partial charge < -0.3 is 10.6 Å². The van der Waals surface area contributed by atoms with Gasteiger partial charge in [-0.1, -0.05) is 0 Å². The fourth-order valence-corrected chi connectivity index (χ4v) is 1.89. The van der Waals surface area contributed by atoms with Crippen LogP contribution in [0.4, 0.5) is 5.82 Å². The first-order valence-corrected chi connectivity index (χ1v) is 6.24. The Balaban J connectivity index is 2.53. The van der Waals surface area contributed by atoms with Gasteiger partial charge in [-0.25, -0.2) is 4.98 Å². The largest absolute Gasteiger partial charge is 0.360 e. The number of rotatable bonds is 3. The van der Waals surface area contributed by atoms with E-state index in [9.17, 15) is 4.79 Å². The average Bonchev–Trinajstić information content (AvgIpc) is 2.13. The molecular weight excluding hydrogens is 282 g/mol. The molecule has 0 aliphatic heterocycles. The van der Waals surface area contributed by atoms with Crippen LogP contribution in [0.1, 0.15) is 26.3 Å². The number of carbonyl (C=O) groups excluding carboxylic acids is 1. The normalized spacial score (nSPS) is 11.1. The zero-order valence-electron chi connectivity index (χ0n) is 10.6. The van der Waals surface area contributed by atoms with Gasteiger partial charge in [-0.3, -0.25) is 4.79 Å². The van der Waals surface area contributed by atoms with Crippen molar-refractivity contribution in [3.8, 4) is 0 Å². The van der Waals surface area contributed by atoms with E-state index < -0.39 is 0 Å². The maximum atomic E-state index is 11.6. The van der Waals surface area contributed by atoms with E-state index in [2.05, 4.69) is 31.5 Å². The van der Waals surface area contributed by atoms with E-state index in [4.69, 9.17) is 0 Å². The number of amides is 1. The lowest BCUT2D eigenvalue weighted by molar-refractivity contribution is -0.120. The molecule has 4 nitrogen and oxygen atoms in total. The van der Waals surface area contributed by atoms with Crippen molar-refractivity contribution in [1.29, 1.82) is 0 Å². The summed E-state index contributed by atoms with van der Waals surface area (Å²) in [6.45, 7) is 8.03. The third kappa shape index (κ3) is 5.17. The molecule has 1 amide bonds. The summed E-state index contributed by atoms with van der Waals surface area (Å²) in [5.41, 5.74) is 0.859. The molecule has 0 atom stereocenters. The van der Waals surface area contributed by atoms with E-state index in [1.165, 1.54) is 0 Å². The second kappa shape index (κ2) is 5.49. The average molecular weight is 300 g/mol. The van der Waals surface area contributed by atoms with Gasteiger partial charge in [0, 0.05) is 11.7 Å². The molecule has 1 aromatic rings. The van der Waals surface area contributed by atoms with Crippen molar-refractivity contribution in [1.82, 2.24) is 10.3 Å².